The highest BCUT2D eigenvalue weighted by Crippen LogP contribution is 1.95. The highest BCUT2D eigenvalue weighted by Gasteiger charge is 2.03. The first-order valence-electron chi connectivity index (χ1n) is 4.28. The number of aromatic nitrogens is 2. The van der Waals surface area contributed by atoms with Gasteiger partial charge < -0.3 is 5.11 Å². The Balaban J connectivity index is 2.84. The first kappa shape index (κ1) is 9.92. The Kier molecular flexibility index (Phi) is 3.19. The van der Waals surface area contributed by atoms with Crippen molar-refractivity contribution >= 4 is 0 Å². The molecule has 4 heteroatoms. The van der Waals surface area contributed by atoms with E-state index in [-0.39, 0.29) is 18.1 Å². The van der Waals surface area contributed by atoms with Gasteiger partial charge in [-0.05, 0) is 18.4 Å². The maximum Gasteiger partial charge on any atom is 0.266 e. The van der Waals surface area contributed by atoms with Crippen LogP contribution in [0.5, 0.6) is 0 Å². The lowest BCUT2D eigenvalue weighted by Gasteiger charge is -2.08. The molecule has 0 fully saturated rings. The Hall–Kier alpha value is -1.16. The molecule has 0 saturated carbocycles. The zero-order valence-corrected chi connectivity index (χ0v) is 7.90. The van der Waals surface area contributed by atoms with Crippen molar-refractivity contribution in [2.45, 2.75) is 20.4 Å². The minimum Gasteiger partial charge on any atom is -0.396 e. The second kappa shape index (κ2) is 4.18. The van der Waals surface area contributed by atoms with Gasteiger partial charge in [0.05, 0.1) is 6.20 Å². The smallest absolute Gasteiger partial charge is 0.266 e. The zero-order chi connectivity index (χ0) is 9.84. The topological polar surface area (TPSA) is 55.1 Å². The molecular formula is C9H14N2O2. The molecule has 1 N–H and O–H groups in total. The third kappa shape index (κ3) is 2.66. The molecule has 0 radical (unpaired) electrons. The van der Waals surface area contributed by atoms with Crippen LogP contribution >= 0.6 is 0 Å². The highest BCUT2D eigenvalue weighted by atomic mass is 16.3. The maximum absolute atomic E-state index is 11.3. The van der Waals surface area contributed by atoms with Gasteiger partial charge in [-0.25, -0.2) is 4.68 Å². The molecule has 1 unspecified atom stereocenters. The van der Waals surface area contributed by atoms with Gasteiger partial charge in [0.15, 0.2) is 0 Å². The summed E-state index contributed by atoms with van der Waals surface area (Å²) in [6.07, 6.45) is 1.64. The molecule has 1 aromatic heterocycles. The second-order valence-corrected chi connectivity index (χ2v) is 3.34. The van der Waals surface area contributed by atoms with Crippen LogP contribution in [0, 0.1) is 12.8 Å². The SMILES string of the molecule is Cc1cnn(CC(C)CO)c(=O)c1. The number of aliphatic hydroxyl groups is 1. The normalized spacial score (nSPS) is 12.8. The maximum atomic E-state index is 11.3. The summed E-state index contributed by atoms with van der Waals surface area (Å²) in [6, 6.07) is 1.54. The van der Waals surface area contributed by atoms with E-state index in [1.54, 1.807) is 6.20 Å². The first-order chi connectivity index (χ1) is 6.13. The van der Waals surface area contributed by atoms with Gasteiger partial charge in [-0.3, -0.25) is 4.79 Å². The van der Waals surface area contributed by atoms with Crippen molar-refractivity contribution in [1.82, 2.24) is 9.78 Å². The molecule has 1 heterocycles. The monoisotopic (exact) mass is 182 g/mol. The van der Waals surface area contributed by atoms with Gasteiger partial charge >= 0.3 is 0 Å². The lowest BCUT2D eigenvalue weighted by molar-refractivity contribution is 0.217. The van der Waals surface area contributed by atoms with Gasteiger partial charge in [0, 0.05) is 19.2 Å². The van der Waals surface area contributed by atoms with Crippen molar-refractivity contribution < 1.29 is 5.11 Å². The van der Waals surface area contributed by atoms with E-state index in [2.05, 4.69) is 5.10 Å². The minimum atomic E-state index is -0.111. The molecule has 1 aromatic rings. The second-order valence-electron chi connectivity index (χ2n) is 3.34. The molecule has 4 nitrogen and oxygen atoms in total. The van der Waals surface area contributed by atoms with Gasteiger partial charge in [0.2, 0.25) is 0 Å². The quantitative estimate of drug-likeness (QED) is 0.725. The van der Waals surface area contributed by atoms with Crippen LogP contribution in [-0.2, 0) is 6.54 Å². The number of aliphatic hydroxyl groups excluding tert-OH is 1. The predicted molar refractivity (Wildman–Crippen MR) is 49.5 cm³/mol. The van der Waals surface area contributed by atoms with Crippen LogP contribution in [0.15, 0.2) is 17.1 Å². The van der Waals surface area contributed by atoms with E-state index >= 15 is 0 Å². The van der Waals surface area contributed by atoms with Crippen molar-refractivity contribution in [3.63, 3.8) is 0 Å². The van der Waals surface area contributed by atoms with Crippen LogP contribution in [0.2, 0.25) is 0 Å². The van der Waals surface area contributed by atoms with Crippen molar-refractivity contribution in [3.8, 4) is 0 Å². The number of rotatable bonds is 3. The van der Waals surface area contributed by atoms with Crippen LogP contribution in [0.1, 0.15) is 12.5 Å². The van der Waals surface area contributed by atoms with E-state index in [0.717, 1.165) is 5.56 Å². The fraction of sp³-hybridized carbons (Fsp3) is 0.556. The number of nitrogens with zero attached hydrogens (tertiary/aromatic N) is 2. The van der Waals surface area contributed by atoms with Crippen molar-refractivity contribution in [3.05, 3.63) is 28.2 Å². The molecule has 0 aliphatic heterocycles. The molecule has 0 amide bonds. The van der Waals surface area contributed by atoms with E-state index in [0.29, 0.717) is 6.54 Å². The van der Waals surface area contributed by atoms with Crippen molar-refractivity contribution in [2.75, 3.05) is 6.61 Å². The standard InChI is InChI=1S/C9H14N2O2/c1-7-3-9(13)11(10-4-7)5-8(2)6-12/h3-4,8,12H,5-6H2,1-2H3. The first-order valence-corrected chi connectivity index (χ1v) is 4.28. The Morgan fingerprint density at radius 1 is 1.69 bits per heavy atom. The molecule has 0 saturated heterocycles. The molecule has 72 valence electrons. The van der Waals surface area contributed by atoms with Gasteiger partial charge in [-0.1, -0.05) is 6.92 Å². The van der Waals surface area contributed by atoms with Crippen LogP contribution in [0.4, 0.5) is 0 Å². The molecule has 0 spiro atoms. The molecule has 0 aliphatic rings. The Labute approximate surface area is 76.8 Å². The molecule has 0 aliphatic carbocycles. The Bertz CT molecular complexity index is 333. The minimum absolute atomic E-state index is 0.0629. The fourth-order valence-corrected chi connectivity index (χ4v) is 1.01. The summed E-state index contributed by atoms with van der Waals surface area (Å²) >= 11 is 0. The summed E-state index contributed by atoms with van der Waals surface area (Å²) < 4.78 is 1.37. The largest absolute Gasteiger partial charge is 0.396 e. The van der Waals surface area contributed by atoms with Crippen LogP contribution in [-0.4, -0.2) is 21.5 Å². The summed E-state index contributed by atoms with van der Waals surface area (Å²) in [5, 5.41) is 12.8. The average Bonchev–Trinajstić information content (AvgIpc) is 2.09. The molecule has 1 atom stereocenters. The predicted octanol–water partition coefficient (Wildman–Crippen LogP) is 0.180. The van der Waals surface area contributed by atoms with Crippen molar-refractivity contribution in [2.24, 2.45) is 5.92 Å². The Morgan fingerprint density at radius 3 is 2.92 bits per heavy atom. The van der Waals surface area contributed by atoms with E-state index in [1.807, 2.05) is 13.8 Å². The van der Waals surface area contributed by atoms with Crippen LogP contribution in [0.3, 0.4) is 0 Å². The zero-order valence-electron chi connectivity index (χ0n) is 7.90. The summed E-state index contributed by atoms with van der Waals surface area (Å²) in [4.78, 5) is 11.3. The molecule has 1 rings (SSSR count). The van der Waals surface area contributed by atoms with E-state index < -0.39 is 0 Å². The number of aryl methyl sites for hydroxylation is 1. The van der Waals surface area contributed by atoms with Gasteiger partial charge in [-0.15, -0.1) is 0 Å². The van der Waals surface area contributed by atoms with Crippen molar-refractivity contribution in [1.29, 1.82) is 0 Å². The van der Waals surface area contributed by atoms with E-state index in [1.165, 1.54) is 10.7 Å². The van der Waals surface area contributed by atoms with Gasteiger partial charge in [0.1, 0.15) is 0 Å². The summed E-state index contributed by atoms with van der Waals surface area (Å²) in [7, 11) is 0. The third-order valence-corrected chi connectivity index (χ3v) is 1.80. The van der Waals surface area contributed by atoms with E-state index in [4.69, 9.17) is 5.11 Å². The summed E-state index contributed by atoms with van der Waals surface area (Å²) in [5.41, 5.74) is 0.748. The lowest BCUT2D eigenvalue weighted by atomic mass is 10.2. The molecule has 0 aromatic carbocycles. The van der Waals surface area contributed by atoms with Crippen LogP contribution < -0.4 is 5.56 Å². The molecular weight excluding hydrogens is 168 g/mol. The van der Waals surface area contributed by atoms with Gasteiger partial charge in [-0.2, -0.15) is 5.10 Å². The average molecular weight is 182 g/mol. The number of hydrogen-bond donors (Lipinski definition) is 1. The molecule has 0 bridgehead atoms. The molecule has 13 heavy (non-hydrogen) atoms. The highest BCUT2D eigenvalue weighted by molar-refractivity contribution is 5.02. The third-order valence-electron chi connectivity index (χ3n) is 1.80. The summed E-state index contributed by atoms with van der Waals surface area (Å²) in [6.45, 7) is 4.24. The van der Waals surface area contributed by atoms with Gasteiger partial charge in [0.25, 0.3) is 5.56 Å². The lowest BCUT2D eigenvalue weighted by Crippen LogP contribution is -2.26. The fourth-order valence-electron chi connectivity index (χ4n) is 1.01. The number of hydrogen-bond acceptors (Lipinski definition) is 3. The summed E-state index contributed by atoms with van der Waals surface area (Å²) in [5.74, 6) is 0.0629. The van der Waals surface area contributed by atoms with E-state index in [9.17, 15) is 4.79 Å². The van der Waals surface area contributed by atoms with Crippen LogP contribution in [0.25, 0.3) is 0 Å². The Morgan fingerprint density at radius 2 is 2.38 bits per heavy atom.